The topological polar surface area (TPSA) is 21.3 Å². The quantitative estimate of drug-likeness (QED) is 0.621. The van der Waals surface area contributed by atoms with Gasteiger partial charge in [-0.15, -0.1) is 0 Å². The van der Waals surface area contributed by atoms with Crippen LogP contribution in [0.1, 0.15) is 35.6 Å². The van der Waals surface area contributed by atoms with Gasteiger partial charge in [-0.25, -0.2) is 0 Å². The summed E-state index contributed by atoms with van der Waals surface area (Å²) in [5.41, 5.74) is 5.74. The van der Waals surface area contributed by atoms with Crippen molar-refractivity contribution in [3.63, 3.8) is 0 Å². The molecule has 4 heteroatoms. The van der Waals surface area contributed by atoms with Crippen LogP contribution in [0.3, 0.4) is 0 Å². The van der Waals surface area contributed by atoms with E-state index in [-0.39, 0.29) is 0 Å². The Morgan fingerprint density at radius 1 is 1.13 bits per heavy atom. The molecule has 0 saturated heterocycles. The second-order valence-corrected chi connectivity index (χ2v) is 7.01. The first kappa shape index (κ1) is 18.0. The molecule has 0 bridgehead atoms. The van der Waals surface area contributed by atoms with E-state index in [2.05, 4.69) is 54.2 Å². The Morgan fingerprint density at radius 2 is 1.83 bits per heavy atom. The Morgan fingerprint density at radius 3 is 2.52 bits per heavy atom. The van der Waals surface area contributed by atoms with Crippen LogP contribution < -0.4 is 10.1 Å². The summed E-state index contributed by atoms with van der Waals surface area (Å²) in [5, 5.41) is 3.29. The van der Waals surface area contributed by atoms with Crippen molar-refractivity contribution in [2.45, 2.75) is 40.7 Å². The van der Waals surface area contributed by atoms with Crippen molar-refractivity contribution >= 4 is 38.8 Å². The lowest BCUT2D eigenvalue weighted by Gasteiger charge is -2.16. The standard InChI is InChI=1S/C19H22BrNOS/c1-5-19(23)21-17-8-6-7-16(20)15(17)11-22-18-10-13(3)12(2)9-14(18)4/h6-10H,5,11H2,1-4H3,(H,21,23). The minimum Gasteiger partial charge on any atom is -0.489 e. The zero-order valence-electron chi connectivity index (χ0n) is 14.0. The number of thiocarbonyl (C=S) groups is 1. The van der Waals surface area contributed by atoms with Crippen molar-refractivity contribution < 1.29 is 4.74 Å². The highest BCUT2D eigenvalue weighted by molar-refractivity contribution is 9.10. The average molecular weight is 392 g/mol. The molecular formula is C19H22BrNOS. The van der Waals surface area contributed by atoms with Gasteiger partial charge in [-0.2, -0.15) is 0 Å². The lowest BCUT2D eigenvalue weighted by molar-refractivity contribution is 0.304. The smallest absolute Gasteiger partial charge is 0.123 e. The Labute approximate surface area is 152 Å². The summed E-state index contributed by atoms with van der Waals surface area (Å²) in [7, 11) is 0. The van der Waals surface area contributed by atoms with Gasteiger partial charge in [0.2, 0.25) is 0 Å². The zero-order valence-corrected chi connectivity index (χ0v) is 16.4. The molecule has 0 saturated carbocycles. The van der Waals surface area contributed by atoms with Gasteiger partial charge in [0, 0.05) is 15.7 Å². The van der Waals surface area contributed by atoms with E-state index in [1.54, 1.807) is 0 Å². The third-order valence-electron chi connectivity index (χ3n) is 3.88. The van der Waals surface area contributed by atoms with Crippen LogP contribution in [0, 0.1) is 20.8 Å². The highest BCUT2D eigenvalue weighted by Crippen LogP contribution is 2.29. The van der Waals surface area contributed by atoms with E-state index < -0.39 is 0 Å². The van der Waals surface area contributed by atoms with Crippen molar-refractivity contribution in [1.29, 1.82) is 0 Å². The minimum atomic E-state index is 0.486. The second-order valence-electron chi connectivity index (χ2n) is 5.66. The van der Waals surface area contributed by atoms with E-state index in [1.165, 1.54) is 11.1 Å². The molecular weight excluding hydrogens is 370 g/mol. The summed E-state index contributed by atoms with van der Waals surface area (Å²) in [6, 6.07) is 10.3. The number of anilines is 1. The van der Waals surface area contributed by atoms with Crippen LogP contribution in [-0.4, -0.2) is 4.99 Å². The lowest BCUT2D eigenvalue weighted by atomic mass is 10.1. The SMILES string of the molecule is CCC(=S)Nc1cccc(Br)c1COc1cc(C)c(C)cc1C. The number of aryl methyl sites for hydroxylation is 3. The normalized spacial score (nSPS) is 10.5. The largest absolute Gasteiger partial charge is 0.489 e. The maximum Gasteiger partial charge on any atom is 0.123 e. The summed E-state index contributed by atoms with van der Waals surface area (Å²) in [5.74, 6) is 0.924. The molecule has 2 aromatic carbocycles. The number of benzene rings is 2. The molecule has 0 unspecified atom stereocenters. The Bertz CT molecular complexity index is 728. The fourth-order valence-electron chi connectivity index (χ4n) is 2.30. The van der Waals surface area contributed by atoms with Crippen LogP contribution in [0.2, 0.25) is 0 Å². The monoisotopic (exact) mass is 391 g/mol. The van der Waals surface area contributed by atoms with Crippen LogP contribution in [-0.2, 0) is 6.61 Å². The van der Waals surface area contributed by atoms with E-state index in [1.807, 2.05) is 25.1 Å². The Hall–Kier alpha value is -1.39. The van der Waals surface area contributed by atoms with Crippen molar-refractivity contribution in [3.8, 4) is 5.75 Å². The van der Waals surface area contributed by atoms with E-state index in [4.69, 9.17) is 17.0 Å². The predicted molar refractivity (Wildman–Crippen MR) is 106 cm³/mol. The third kappa shape index (κ3) is 4.55. The van der Waals surface area contributed by atoms with Gasteiger partial charge >= 0.3 is 0 Å². The molecule has 0 aromatic heterocycles. The molecule has 2 rings (SSSR count). The summed E-state index contributed by atoms with van der Waals surface area (Å²) in [6.45, 7) is 8.83. The fraction of sp³-hybridized carbons (Fsp3) is 0.316. The van der Waals surface area contributed by atoms with Gasteiger partial charge in [0.05, 0.1) is 4.99 Å². The van der Waals surface area contributed by atoms with Gasteiger partial charge < -0.3 is 10.1 Å². The lowest BCUT2D eigenvalue weighted by Crippen LogP contribution is -2.11. The van der Waals surface area contributed by atoms with E-state index in [9.17, 15) is 0 Å². The van der Waals surface area contributed by atoms with E-state index in [0.29, 0.717) is 6.61 Å². The summed E-state index contributed by atoms with van der Waals surface area (Å²) in [6.07, 6.45) is 0.818. The Kier molecular flexibility index (Phi) is 6.19. The minimum absolute atomic E-state index is 0.486. The van der Waals surface area contributed by atoms with Gasteiger partial charge in [0.25, 0.3) is 0 Å². The molecule has 2 aromatic rings. The average Bonchev–Trinajstić information content (AvgIpc) is 2.51. The molecule has 23 heavy (non-hydrogen) atoms. The number of nitrogens with one attached hydrogen (secondary N) is 1. The molecule has 0 spiro atoms. The van der Waals surface area contributed by atoms with Crippen LogP contribution >= 0.6 is 28.1 Å². The van der Waals surface area contributed by atoms with Crippen LogP contribution in [0.5, 0.6) is 5.75 Å². The highest BCUT2D eigenvalue weighted by Gasteiger charge is 2.10. The van der Waals surface area contributed by atoms with Crippen LogP contribution in [0.15, 0.2) is 34.8 Å². The molecule has 2 nitrogen and oxygen atoms in total. The van der Waals surface area contributed by atoms with Crippen LogP contribution in [0.25, 0.3) is 0 Å². The highest BCUT2D eigenvalue weighted by atomic mass is 79.9. The third-order valence-corrected chi connectivity index (χ3v) is 5.01. The predicted octanol–water partition coefficient (Wildman–Crippen LogP) is 6.10. The number of rotatable bonds is 5. The van der Waals surface area contributed by atoms with Crippen molar-refractivity contribution in [3.05, 3.63) is 57.1 Å². The first-order valence-electron chi connectivity index (χ1n) is 7.70. The van der Waals surface area contributed by atoms with Gasteiger partial charge in [-0.05, 0) is 62.1 Å². The molecule has 0 heterocycles. The first-order chi connectivity index (χ1) is 10.9. The van der Waals surface area contributed by atoms with Crippen molar-refractivity contribution in [2.24, 2.45) is 0 Å². The van der Waals surface area contributed by atoms with Gasteiger partial charge in [-0.3, -0.25) is 0 Å². The first-order valence-corrected chi connectivity index (χ1v) is 8.90. The maximum atomic E-state index is 6.08. The molecule has 0 fully saturated rings. The van der Waals surface area contributed by atoms with Gasteiger partial charge in [0.15, 0.2) is 0 Å². The zero-order chi connectivity index (χ0) is 17.0. The van der Waals surface area contributed by atoms with Crippen LogP contribution in [0.4, 0.5) is 5.69 Å². The molecule has 0 atom stereocenters. The fourth-order valence-corrected chi connectivity index (χ4v) is 2.89. The molecule has 1 N–H and O–H groups in total. The molecule has 122 valence electrons. The molecule has 0 aliphatic rings. The number of halogens is 1. The molecule has 0 aliphatic carbocycles. The van der Waals surface area contributed by atoms with Crippen molar-refractivity contribution in [1.82, 2.24) is 0 Å². The van der Waals surface area contributed by atoms with E-state index in [0.717, 1.165) is 38.4 Å². The summed E-state index contributed by atoms with van der Waals surface area (Å²) < 4.78 is 7.10. The molecule has 0 aliphatic heterocycles. The maximum absolute atomic E-state index is 6.08. The van der Waals surface area contributed by atoms with Gasteiger partial charge in [0.1, 0.15) is 12.4 Å². The number of hydrogen-bond donors (Lipinski definition) is 1. The second kappa shape index (κ2) is 7.93. The van der Waals surface area contributed by atoms with Gasteiger partial charge in [-0.1, -0.05) is 47.2 Å². The number of ether oxygens (including phenoxy) is 1. The molecule has 0 radical (unpaired) electrons. The summed E-state index contributed by atoms with van der Waals surface area (Å²) in [4.78, 5) is 0.826. The van der Waals surface area contributed by atoms with E-state index >= 15 is 0 Å². The Balaban J connectivity index is 2.23. The summed E-state index contributed by atoms with van der Waals surface area (Å²) >= 11 is 8.92. The number of hydrogen-bond acceptors (Lipinski definition) is 2. The molecule has 0 amide bonds. The van der Waals surface area contributed by atoms with Crippen molar-refractivity contribution in [2.75, 3.05) is 5.32 Å².